The predicted molar refractivity (Wildman–Crippen MR) is 54.6 cm³/mol. The molecule has 0 N–H and O–H groups in total. The number of nitrogens with zero attached hydrogens (tertiary/aromatic N) is 2. The van der Waals surface area contributed by atoms with Crippen LogP contribution in [0.2, 0.25) is 0 Å². The van der Waals surface area contributed by atoms with E-state index in [1.807, 2.05) is 13.0 Å². The molecule has 1 aromatic heterocycles. The first-order valence-electron chi connectivity index (χ1n) is 4.66. The van der Waals surface area contributed by atoms with Crippen LogP contribution in [0.1, 0.15) is 38.1 Å². The molecule has 1 aromatic rings. The largest absolute Gasteiger partial charge is 0.241 e. The second-order valence-electron chi connectivity index (χ2n) is 3.36. The Hall–Kier alpha value is -1.18. The van der Waals surface area contributed by atoms with Crippen LogP contribution in [-0.2, 0) is 6.42 Å². The summed E-state index contributed by atoms with van der Waals surface area (Å²) in [5.74, 6) is 0.479. The minimum Gasteiger partial charge on any atom is -0.241 e. The van der Waals surface area contributed by atoms with Crippen LogP contribution in [0.5, 0.6) is 0 Å². The van der Waals surface area contributed by atoms with Gasteiger partial charge in [0.25, 0.3) is 0 Å². The summed E-state index contributed by atoms with van der Waals surface area (Å²) in [6.45, 7) is 6.30. The van der Waals surface area contributed by atoms with E-state index in [2.05, 4.69) is 36.0 Å². The fourth-order valence-electron chi connectivity index (χ4n) is 1.08. The summed E-state index contributed by atoms with van der Waals surface area (Å²) in [4.78, 5) is 8.41. The van der Waals surface area contributed by atoms with Crippen molar-refractivity contribution in [2.45, 2.75) is 33.1 Å². The molecule has 0 spiro atoms. The van der Waals surface area contributed by atoms with E-state index in [1.165, 1.54) is 0 Å². The SMILES string of the molecule is C/C=C\Cc1cc(C(C)C)ncn1. The zero-order chi connectivity index (χ0) is 9.68. The topological polar surface area (TPSA) is 25.8 Å². The third kappa shape index (κ3) is 2.98. The van der Waals surface area contributed by atoms with Crippen molar-refractivity contribution in [3.63, 3.8) is 0 Å². The van der Waals surface area contributed by atoms with Gasteiger partial charge in [-0.05, 0) is 18.9 Å². The molecule has 1 rings (SSSR count). The van der Waals surface area contributed by atoms with Gasteiger partial charge in [-0.25, -0.2) is 9.97 Å². The van der Waals surface area contributed by atoms with Gasteiger partial charge in [-0.15, -0.1) is 0 Å². The maximum atomic E-state index is 4.21. The van der Waals surface area contributed by atoms with Crippen molar-refractivity contribution in [2.75, 3.05) is 0 Å². The maximum absolute atomic E-state index is 4.21. The van der Waals surface area contributed by atoms with E-state index in [0.29, 0.717) is 5.92 Å². The van der Waals surface area contributed by atoms with Gasteiger partial charge >= 0.3 is 0 Å². The van der Waals surface area contributed by atoms with Gasteiger partial charge in [0.15, 0.2) is 0 Å². The molecule has 0 bridgehead atoms. The summed E-state index contributed by atoms with van der Waals surface area (Å²) in [7, 11) is 0. The Kier molecular flexibility index (Phi) is 3.62. The number of rotatable bonds is 3. The quantitative estimate of drug-likeness (QED) is 0.662. The Bertz CT molecular complexity index is 290. The highest BCUT2D eigenvalue weighted by Gasteiger charge is 2.01. The van der Waals surface area contributed by atoms with E-state index in [9.17, 15) is 0 Å². The Morgan fingerprint density at radius 1 is 1.38 bits per heavy atom. The first kappa shape index (κ1) is 9.90. The van der Waals surface area contributed by atoms with E-state index < -0.39 is 0 Å². The second-order valence-corrected chi connectivity index (χ2v) is 3.36. The number of aromatic nitrogens is 2. The molecule has 0 aliphatic rings. The first-order chi connectivity index (χ1) is 6.24. The average Bonchev–Trinajstić information content (AvgIpc) is 2.15. The van der Waals surface area contributed by atoms with Crippen molar-refractivity contribution < 1.29 is 0 Å². The van der Waals surface area contributed by atoms with Gasteiger partial charge in [0, 0.05) is 17.8 Å². The fourth-order valence-corrected chi connectivity index (χ4v) is 1.08. The standard InChI is InChI=1S/C11H16N2/c1-4-5-6-10-7-11(9(2)3)13-8-12-10/h4-5,7-9H,6H2,1-3H3/b5-4-. The molecule has 0 saturated carbocycles. The smallest absolute Gasteiger partial charge is 0.115 e. The molecule has 0 unspecified atom stereocenters. The van der Waals surface area contributed by atoms with Gasteiger partial charge in [-0.2, -0.15) is 0 Å². The van der Waals surface area contributed by atoms with Crippen LogP contribution in [0.3, 0.4) is 0 Å². The molecule has 13 heavy (non-hydrogen) atoms. The number of allylic oxidation sites excluding steroid dienone is 2. The summed E-state index contributed by atoms with van der Waals surface area (Å²) in [5.41, 5.74) is 2.21. The lowest BCUT2D eigenvalue weighted by molar-refractivity contribution is 0.805. The van der Waals surface area contributed by atoms with Crippen LogP contribution in [0.25, 0.3) is 0 Å². The van der Waals surface area contributed by atoms with Crippen molar-refractivity contribution in [1.82, 2.24) is 9.97 Å². The molecule has 0 fully saturated rings. The molecular weight excluding hydrogens is 160 g/mol. The molecule has 0 atom stereocenters. The molecule has 0 aromatic carbocycles. The van der Waals surface area contributed by atoms with E-state index in [-0.39, 0.29) is 0 Å². The minimum absolute atomic E-state index is 0.479. The zero-order valence-corrected chi connectivity index (χ0v) is 8.49. The highest BCUT2D eigenvalue weighted by molar-refractivity contribution is 5.13. The van der Waals surface area contributed by atoms with Crippen molar-refractivity contribution in [1.29, 1.82) is 0 Å². The normalized spacial score (nSPS) is 11.4. The maximum Gasteiger partial charge on any atom is 0.115 e. The van der Waals surface area contributed by atoms with Gasteiger partial charge in [0.05, 0.1) is 0 Å². The molecule has 0 radical (unpaired) electrons. The van der Waals surface area contributed by atoms with Crippen LogP contribution in [0.4, 0.5) is 0 Å². The Labute approximate surface area is 79.7 Å². The van der Waals surface area contributed by atoms with E-state index in [0.717, 1.165) is 17.8 Å². The minimum atomic E-state index is 0.479. The molecule has 0 amide bonds. The molecule has 0 aliphatic carbocycles. The summed E-state index contributed by atoms with van der Waals surface area (Å²) in [6.07, 6.45) is 6.69. The van der Waals surface area contributed by atoms with Gasteiger partial charge in [-0.1, -0.05) is 26.0 Å². The summed E-state index contributed by atoms with van der Waals surface area (Å²) in [5, 5.41) is 0. The van der Waals surface area contributed by atoms with Crippen LogP contribution in [0, 0.1) is 0 Å². The Morgan fingerprint density at radius 3 is 2.77 bits per heavy atom. The molecule has 2 nitrogen and oxygen atoms in total. The molecule has 0 saturated heterocycles. The van der Waals surface area contributed by atoms with Crippen molar-refractivity contribution in [3.8, 4) is 0 Å². The van der Waals surface area contributed by atoms with E-state index in [1.54, 1.807) is 6.33 Å². The van der Waals surface area contributed by atoms with E-state index in [4.69, 9.17) is 0 Å². The molecule has 1 heterocycles. The van der Waals surface area contributed by atoms with Crippen LogP contribution < -0.4 is 0 Å². The first-order valence-corrected chi connectivity index (χ1v) is 4.66. The lowest BCUT2D eigenvalue weighted by Gasteiger charge is -2.04. The zero-order valence-electron chi connectivity index (χ0n) is 8.49. The lowest BCUT2D eigenvalue weighted by atomic mass is 10.1. The fraction of sp³-hybridized carbons (Fsp3) is 0.455. The van der Waals surface area contributed by atoms with Crippen molar-refractivity contribution in [2.24, 2.45) is 0 Å². The van der Waals surface area contributed by atoms with Crippen LogP contribution in [-0.4, -0.2) is 9.97 Å². The van der Waals surface area contributed by atoms with Gasteiger partial charge in [0.1, 0.15) is 6.33 Å². The van der Waals surface area contributed by atoms with Crippen LogP contribution in [0.15, 0.2) is 24.5 Å². The molecule has 2 heteroatoms. The van der Waals surface area contributed by atoms with Crippen LogP contribution >= 0.6 is 0 Å². The van der Waals surface area contributed by atoms with Gasteiger partial charge < -0.3 is 0 Å². The van der Waals surface area contributed by atoms with Gasteiger partial charge in [-0.3, -0.25) is 0 Å². The summed E-state index contributed by atoms with van der Waals surface area (Å²) < 4.78 is 0. The average molecular weight is 176 g/mol. The van der Waals surface area contributed by atoms with Gasteiger partial charge in [0.2, 0.25) is 0 Å². The van der Waals surface area contributed by atoms with E-state index >= 15 is 0 Å². The number of hydrogen-bond acceptors (Lipinski definition) is 2. The summed E-state index contributed by atoms with van der Waals surface area (Å²) in [6, 6.07) is 2.07. The third-order valence-corrected chi connectivity index (χ3v) is 1.90. The lowest BCUT2D eigenvalue weighted by Crippen LogP contribution is -1.96. The summed E-state index contributed by atoms with van der Waals surface area (Å²) >= 11 is 0. The third-order valence-electron chi connectivity index (χ3n) is 1.90. The van der Waals surface area contributed by atoms with Crippen molar-refractivity contribution >= 4 is 0 Å². The predicted octanol–water partition coefficient (Wildman–Crippen LogP) is 2.72. The molecule has 70 valence electrons. The molecular formula is C11H16N2. The molecule has 0 aliphatic heterocycles. The van der Waals surface area contributed by atoms with Crippen molar-refractivity contribution in [3.05, 3.63) is 35.9 Å². The number of hydrogen-bond donors (Lipinski definition) is 0. The Balaban J connectivity index is 2.79. The monoisotopic (exact) mass is 176 g/mol. The second kappa shape index (κ2) is 4.75. The highest BCUT2D eigenvalue weighted by atomic mass is 14.8. The Morgan fingerprint density at radius 2 is 2.15 bits per heavy atom. The highest BCUT2D eigenvalue weighted by Crippen LogP contribution is 2.11.